The maximum Gasteiger partial charge on any atom is 0.329 e. The van der Waals surface area contributed by atoms with Gasteiger partial charge in [0.15, 0.2) is 0 Å². The van der Waals surface area contributed by atoms with Crippen LogP contribution in [0.4, 0.5) is 0 Å². The van der Waals surface area contributed by atoms with Crippen LogP contribution in [-0.4, -0.2) is 9.55 Å². The van der Waals surface area contributed by atoms with Crippen molar-refractivity contribution in [3.05, 3.63) is 43.5 Å². The zero-order chi connectivity index (χ0) is 11.0. The molecule has 0 amide bonds. The third-order valence-corrected chi connectivity index (χ3v) is 2.81. The number of nitrogens with one attached hydrogen (secondary N) is 1. The molecule has 1 aromatic carbocycles. The number of nitrogens with zero attached hydrogens (tertiary/aromatic N) is 1. The first kappa shape index (κ1) is 10.1. The Hall–Kier alpha value is -1.40. The van der Waals surface area contributed by atoms with Crippen LogP contribution < -0.4 is 17.0 Å². The van der Waals surface area contributed by atoms with Crippen LogP contribution in [0, 0.1) is 0 Å². The van der Waals surface area contributed by atoms with Gasteiger partial charge < -0.3 is 10.7 Å². The topological polar surface area (TPSA) is 80.9 Å². The van der Waals surface area contributed by atoms with Crippen LogP contribution in [0.3, 0.4) is 0 Å². The van der Waals surface area contributed by atoms with E-state index in [2.05, 4.69) is 20.9 Å². The molecule has 6 heteroatoms. The summed E-state index contributed by atoms with van der Waals surface area (Å²) in [6.07, 6.45) is 0. The van der Waals surface area contributed by atoms with Crippen LogP contribution in [0.15, 0.2) is 32.3 Å². The summed E-state index contributed by atoms with van der Waals surface area (Å²) in [6.45, 7) is -0.128. The smallest absolute Gasteiger partial charge is 0.313 e. The first-order valence-electron chi connectivity index (χ1n) is 4.26. The fourth-order valence-electron chi connectivity index (χ4n) is 1.41. The van der Waals surface area contributed by atoms with Gasteiger partial charge in [0.05, 0.1) is 17.6 Å². The minimum absolute atomic E-state index is 0.128. The molecule has 0 aliphatic rings. The van der Waals surface area contributed by atoms with E-state index in [1.165, 1.54) is 0 Å². The maximum atomic E-state index is 11.8. The number of benzene rings is 1. The van der Waals surface area contributed by atoms with E-state index in [9.17, 15) is 9.59 Å². The number of aromatic nitrogens is 2. The Morgan fingerprint density at radius 2 is 2.13 bits per heavy atom. The number of hydrogen-bond acceptors (Lipinski definition) is 3. The standard InChI is InChI=1S/C9H8BrN3O2/c10-6-3-1-2-5-7(6)12-9(15)13(4-11)8(5)14/h1-3H,4,11H2,(H,12,15). The molecule has 78 valence electrons. The molecule has 0 spiro atoms. The molecule has 0 atom stereocenters. The van der Waals surface area contributed by atoms with Gasteiger partial charge in [-0.1, -0.05) is 6.07 Å². The number of fused-ring (bicyclic) bond motifs is 1. The average molecular weight is 270 g/mol. The predicted molar refractivity (Wildman–Crippen MR) is 60.7 cm³/mol. The Balaban J connectivity index is 3.05. The van der Waals surface area contributed by atoms with E-state index in [1.54, 1.807) is 18.2 Å². The van der Waals surface area contributed by atoms with Crippen molar-refractivity contribution in [2.24, 2.45) is 5.73 Å². The highest BCUT2D eigenvalue weighted by Crippen LogP contribution is 2.17. The number of H-pyrrole nitrogens is 1. The Morgan fingerprint density at radius 3 is 2.80 bits per heavy atom. The quantitative estimate of drug-likeness (QED) is 0.785. The molecule has 15 heavy (non-hydrogen) atoms. The molecule has 0 fully saturated rings. The van der Waals surface area contributed by atoms with Crippen LogP contribution in [0.2, 0.25) is 0 Å². The molecule has 0 bridgehead atoms. The fraction of sp³-hybridized carbons (Fsp3) is 0.111. The van der Waals surface area contributed by atoms with Gasteiger partial charge >= 0.3 is 5.69 Å². The highest BCUT2D eigenvalue weighted by molar-refractivity contribution is 9.10. The van der Waals surface area contributed by atoms with Crippen molar-refractivity contribution >= 4 is 26.8 Å². The molecule has 0 aliphatic carbocycles. The molecule has 2 aromatic rings. The summed E-state index contributed by atoms with van der Waals surface area (Å²) in [7, 11) is 0. The molecule has 1 heterocycles. The van der Waals surface area contributed by atoms with Crippen molar-refractivity contribution in [1.29, 1.82) is 0 Å². The zero-order valence-corrected chi connectivity index (χ0v) is 9.24. The third-order valence-electron chi connectivity index (χ3n) is 2.15. The van der Waals surface area contributed by atoms with Crippen LogP contribution in [0.1, 0.15) is 0 Å². The molecule has 3 N–H and O–H groups in total. The second kappa shape index (κ2) is 3.63. The van der Waals surface area contributed by atoms with E-state index in [4.69, 9.17) is 5.73 Å². The van der Waals surface area contributed by atoms with Crippen molar-refractivity contribution in [1.82, 2.24) is 9.55 Å². The van der Waals surface area contributed by atoms with Gasteiger partial charge in [-0.2, -0.15) is 0 Å². The summed E-state index contributed by atoms with van der Waals surface area (Å²) in [5.41, 5.74) is 4.93. The van der Waals surface area contributed by atoms with E-state index >= 15 is 0 Å². The molecule has 2 rings (SSSR count). The van der Waals surface area contributed by atoms with Crippen molar-refractivity contribution in [2.75, 3.05) is 0 Å². The van der Waals surface area contributed by atoms with Gasteiger partial charge in [0.2, 0.25) is 0 Å². The molecule has 1 aromatic heterocycles. The minimum atomic E-state index is -0.498. The van der Waals surface area contributed by atoms with Crippen molar-refractivity contribution in [3.8, 4) is 0 Å². The molecule has 0 unspecified atom stereocenters. The SMILES string of the molecule is NCn1c(=O)[nH]c2c(Br)cccc2c1=O. The summed E-state index contributed by atoms with van der Waals surface area (Å²) in [4.78, 5) is 25.8. The maximum absolute atomic E-state index is 11.8. The number of rotatable bonds is 1. The van der Waals surface area contributed by atoms with E-state index in [0.29, 0.717) is 15.4 Å². The monoisotopic (exact) mass is 269 g/mol. The van der Waals surface area contributed by atoms with Crippen LogP contribution in [0.25, 0.3) is 10.9 Å². The lowest BCUT2D eigenvalue weighted by Crippen LogP contribution is -2.37. The Labute approximate surface area is 92.7 Å². The lowest BCUT2D eigenvalue weighted by atomic mass is 10.2. The molecular formula is C9H8BrN3O2. The van der Waals surface area contributed by atoms with E-state index in [-0.39, 0.29) is 12.2 Å². The van der Waals surface area contributed by atoms with Gasteiger partial charge in [-0.15, -0.1) is 0 Å². The number of halogens is 1. The number of aromatic amines is 1. The molecule has 0 saturated carbocycles. The molecule has 5 nitrogen and oxygen atoms in total. The van der Waals surface area contributed by atoms with E-state index in [1.807, 2.05) is 0 Å². The summed E-state index contributed by atoms with van der Waals surface area (Å²) in [6, 6.07) is 5.13. The first-order chi connectivity index (χ1) is 7.15. The van der Waals surface area contributed by atoms with Crippen molar-refractivity contribution < 1.29 is 0 Å². The fourth-order valence-corrected chi connectivity index (χ4v) is 1.87. The summed E-state index contributed by atoms with van der Waals surface area (Å²) in [5, 5.41) is 0.439. The van der Waals surface area contributed by atoms with Gasteiger partial charge in [-0.25, -0.2) is 9.36 Å². The summed E-state index contributed by atoms with van der Waals surface area (Å²) in [5.74, 6) is 0. The number of hydrogen-bond donors (Lipinski definition) is 2. The highest BCUT2D eigenvalue weighted by Gasteiger charge is 2.07. The second-order valence-electron chi connectivity index (χ2n) is 3.01. The Morgan fingerprint density at radius 1 is 1.40 bits per heavy atom. The molecule has 0 saturated heterocycles. The van der Waals surface area contributed by atoms with Gasteiger partial charge in [-0.3, -0.25) is 4.79 Å². The summed E-state index contributed by atoms with van der Waals surface area (Å²) < 4.78 is 1.63. The number of para-hydroxylation sites is 1. The van der Waals surface area contributed by atoms with E-state index < -0.39 is 5.69 Å². The molecule has 0 aliphatic heterocycles. The highest BCUT2D eigenvalue weighted by atomic mass is 79.9. The second-order valence-corrected chi connectivity index (χ2v) is 3.86. The number of nitrogens with two attached hydrogens (primary N) is 1. The molecule has 0 radical (unpaired) electrons. The van der Waals surface area contributed by atoms with Gasteiger partial charge in [0, 0.05) is 4.47 Å². The van der Waals surface area contributed by atoms with Crippen molar-refractivity contribution in [2.45, 2.75) is 6.67 Å². The van der Waals surface area contributed by atoms with Crippen LogP contribution in [-0.2, 0) is 6.67 Å². The lowest BCUT2D eigenvalue weighted by Gasteiger charge is -2.03. The van der Waals surface area contributed by atoms with E-state index in [0.717, 1.165) is 4.57 Å². The predicted octanol–water partition coefficient (Wildman–Crippen LogP) is 0.369. The third kappa shape index (κ3) is 1.51. The Bertz CT molecular complexity index is 629. The largest absolute Gasteiger partial charge is 0.329 e. The van der Waals surface area contributed by atoms with Gasteiger partial charge in [0.1, 0.15) is 0 Å². The average Bonchev–Trinajstić information content (AvgIpc) is 2.20. The normalized spacial score (nSPS) is 10.8. The first-order valence-corrected chi connectivity index (χ1v) is 5.06. The minimum Gasteiger partial charge on any atom is -0.313 e. The summed E-state index contributed by atoms with van der Waals surface area (Å²) >= 11 is 3.26. The lowest BCUT2D eigenvalue weighted by molar-refractivity contribution is 0.661. The van der Waals surface area contributed by atoms with Gasteiger partial charge in [-0.05, 0) is 28.1 Å². The van der Waals surface area contributed by atoms with Crippen LogP contribution in [0.5, 0.6) is 0 Å². The molecular weight excluding hydrogens is 262 g/mol. The van der Waals surface area contributed by atoms with Crippen molar-refractivity contribution in [3.63, 3.8) is 0 Å². The Kier molecular flexibility index (Phi) is 2.45. The van der Waals surface area contributed by atoms with Crippen LogP contribution >= 0.6 is 15.9 Å². The van der Waals surface area contributed by atoms with Gasteiger partial charge in [0.25, 0.3) is 5.56 Å². The zero-order valence-electron chi connectivity index (χ0n) is 7.66.